The van der Waals surface area contributed by atoms with Gasteiger partial charge in [-0.15, -0.1) is 0 Å². The lowest BCUT2D eigenvalue weighted by atomic mass is 10.1. The van der Waals surface area contributed by atoms with E-state index in [0.29, 0.717) is 24.9 Å². The molecule has 14 heavy (non-hydrogen) atoms. The maximum atomic E-state index is 11.8. The van der Waals surface area contributed by atoms with Crippen LogP contribution in [0.5, 0.6) is 0 Å². The number of nitrogens with zero attached hydrogens (tertiary/aromatic N) is 1. The molecule has 1 unspecified atom stereocenters. The molecule has 0 aromatic heterocycles. The molecule has 1 aliphatic rings. The summed E-state index contributed by atoms with van der Waals surface area (Å²) in [6.45, 7) is 3.73. The number of carbonyl (C=O) groups is 1. The van der Waals surface area contributed by atoms with Gasteiger partial charge in [-0.05, 0) is 32.7 Å². The molecule has 2 N–H and O–H groups in total. The predicted molar refractivity (Wildman–Crippen MR) is 57.9 cm³/mol. The molecule has 1 heterocycles. The first-order chi connectivity index (χ1) is 6.75. The molecule has 0 aliphatic carbocycles. The zero-order valence-corrected chi connectivity index (χ0v) is 9.17. The summed E-state index contributed by atoms with van der Waals surface area (Å²) in [5.74, 6) is 0.296. The minimum absolute atomic E-state index is 0.296. The van der Waals surface area contributed by atoms with E-state index in [0.717, 1.165) is 19.4 Å². The summed E-state index contributed by atoms with van der Waals surface area (Å²) in [4.78, 5) is 13.8. The minimum Gasteiger partial charge on any atom is -0.340 e. The van der Waals surface area contributed by atoms with Crippen molar-refractivity contribution in [3.63, 3.8) is 0 Å². The normalized spacial score (nSPS) is 23.3. The Morgan fingerprint density at radius 2 is 2.21 bits per heavy atom. The van der Waals surface area contributed by atoms with Crippen molar-refractivity contribution in [1.29, 1.82) is 0 Å². The molecule has 1 aliphatic heterocycles. The second kappa shape index (κ2) is 6.02. The van der Waals surface area contributed by atoms with Crippen LogP contribution < -0.4 is 5.73 Å². The number of amides is 1. The highest BCUT2D eigenvalue weighted by molar-refractivity contribution is 5.76. The van der Waals surface area contributed by atoms with E-state index in [2.05, 4.69) is 6.92 Å². The van der Waals surface area contributed by atoms with Crippen LogP contribution in [0, 0.1) is 0 Å². The van der Waals surface area contributed by atoms with Gasteiger partial charge in [0.25, 0.3) is 0 Å². The van der Waals surface area contributed by atoms with Crippen LogP contribution in [0.2, 0.25) is 0 Å². The van der Waals surface area contributed by atoms with Gasteiger partial charge in [-0.1, -0.05) is 12.8 Å². The molecule has 1 amide bonds. The zero-order valence-electron chi connectivity index (χ0n) is 9.17. The third kappa shape index (κ3) is 3.29. The summed E-state index contributed by atoms with van der Waals surface area (Å²) in [6.07, 6.45) is 6.31. The Balaban J connectivity index is 2.41. The maximum Gasteiger partial charge on any atom is 0.222 e. The van der Waals surface area contributed by atoms with E-state index in [1.54, 1.807) is 0 Å². The van der Waals surface area contributed by atoms with Gasteiger partial charge >= 0.3 is 0 Å². The van der Waals surface area contributed by atoms with Crippen molar-refractivity contribution in [3.05, 3.63) is 0 Å². The van der Waals surface area contributed by atoms with Crippen molar-refractivity contribution in [1.82, 2.24) is 4.90 Å². The van der Waals surface area contributed by atoms with Crippen LogP contribution in [0.15, 0.2) is 0 Å². The lowest BCUT2D eigenvalue weighted by Crippen LogP contribution is -2.38. The molecule has 0 bridgehead atoms. The van der Waals surface area contributed by atoms with Crippen LogP contribution in [-0.4, -0.2) is 29.9 Å². The molecule has 3 heteroatoms. The topological polar surface area (TPSA) is 46.3 Å². The number of hydrogen-bond donors (Lipinski definition) is 1. The van der Waals surface area contributed by atoms with Crippen LogP contribution >= 0.6 is 0 Å². The fourth-order valence-electron chi connectivity index (χ4n) is 2.04. The van der Waals surface area contributed by atoms with E-state index >= 15 is 0 Å². The summed E-state index contributed by atoms with van der Waals surface area (Å²) >= 11 is 0. The molecule has 1 saturated heterocycles. The highest BCUT2D eigenvalue weighted by atomic mass is 16.2. The van der Waals surface area contributed by atoms with Gasteiger partial charge in [-0.2, -0.15) is 0 Å². The van der Waals surface area contributed by atoms with Crippen LogP contribution in [-0.2, 0) is 4.79 Å². The Morgan fingerprint density at radius 1 is 1.43 bits per heavy atom. The van der Waals surface area contributed by atoms with E-state index in [1.807, 2.05) is 4.90 Å². The van der Waals surface area contributed by atoms with E-state index in [-0.39, 0.29) is 0 Å². The van der Waals surface area contributed by atoms with Gasteiger partial charge in [0.15, 0.2) is 0 Å². The molecule has 1 rings (SSSR count). The summed E-state index contributed by atoms with van der Waals surface area (Å²) in [6, 6.07) is 0.433. The van der Waals surface area contributed by atoms with Gasteiger partial charge in [0, 0.05) is 19.0 Å². The van der Waals surface area contributed by atoms with Crippen LogP contribution in [0.1, 0.15) is 45.4 Å². The molecule has 0 saturated carbocycles. The lowest BCUT2D eigenvalue weighted by Gasteiger charge is -2.27. The average Bonchev–Trinajstić information content (AvgIpc) is 2.39. The van der Waals surface area contributed by atoms with Gasteiger partial charge in [-0.25, -0.2) is 0 Å². The second-order valence-corrected chi connectivity index (χ2v) is 4.18. The van der Waals surface area contributed by atoms with E-state index in [1.165, 1.54) is 19.3 Å². The quantitative estimate of drug-likeness (QED) is 0.747. The minimum atomic E-state index is 0.296. The number of hydrogen-bond acceptors (Lipinski definition) is 2. The SMILES string of the molecule is CC1CCCCCN1C(=O)CCCN. The third-order valence-corrected chi connectivity index (χ3v) is 2.97. The van der Waals surface area contributed by atoms with Crippen molar-refractivity contribution in [3.8, 4) is 0 Å². The molecule has 0 radical (unpaired) electrons. The largest absolute Gasteiger partial charge is 0.340 e. The summed E-state index contributed by atoms with van der Waals surface area (Å²) in [5, 5.41) is 0. The molecular formula is C11H22N2O. The van der Waals surface area contributed by atoms with Crippen molar-refractivity contribution < 1.29 is 4.79 Å². The zero-order chi connectivity index (χ0) is 10.4. The molecule has 0 aromatic carbocycles. The molecule has 1 atom stereocenters. The standard InChI is InChI=1S/C11H22N2O/c1-10-6-3-2-4-9-13(10)11(14)7-5-8-12/h10H,2-9,12H2,1H3. The van der Waals surface area contributed by atoms with Crippen LogP contribution in [0.4, 0.5) is 0 Å². The molecular weight excluding hydrogens is 176 g/mol. The fraction of sp³-hybridized carbons (Fsp3) is 0.909. The number of nitrogens with two attached hydrogens (primary N) is 1. The van der Waals surface area contributed by atoms with Gasteiger partial charge < -0.3 is 10.6 Å². The Labute approximate surface area is 86.6 Å². The van der Waals surface area contributed by atoms with Gasteiger partial charge in [0.2, 0.25) is 5.91 Å². The first-order valence-electron chi connectivity index (χ1n) is 5.75. The Bertz CT molecular complexity index is 182. The molecule has 82 valence electrons. The van der Waals surface area contributed by atoms with Gasteiger partial charge in [0.1, 0.15) is 0 Å². The number of carbonyl (C=O) groups excluding carboxylic acids is 1. The van der Waals surface area contributed by atoms with Crippen molar-refractivity contribution in [2.45, 2.75) is 51.5 Å². The summed E-state index contributed by atoms with van der Waals surface area (Å²) in [7, 11) is 0. The van der Waals surface area contributed by atoms with Crippen LogP contribution in [0.3, 0.4) is 0 Å². The highest BCUT2D eigenvalue weighted by Crippen LogP contribution is 2.17. The smallest absolute Gasteiger partial charge is 0.222 e. The summed E-state index contributed by atoms with van der Waals surface area (Å²) in [5.41, 5.74) is 5.40. The number of likely N-dealkylation sites (tertiary alicyclic amines) is 1. The van der Waals surface area contributed by atoms with E-state index in [9.17, 15) is 4.79 Å². The molecule has 3 nitrogen and oxygen atoms in total. The van der Waals surface area contributed by atoms with Crippen molar-refractivity contribution in [2.75, 3.05) is 13.1 Å². The van der Waals surface area contributed by atoms with E-state index < -0.39 is 0 Å². The van der Waals surface area contributed by atoms with Gasteiger partial charge in [-0.3, -0.25) is 4.79 Å². The lowest BCUT2D eigenvalue weighted by molar-refractivity contribution is -0.133. The molecule has 0 spiro atoms. The first kappa shape index (κ1) is 11.5. The van der Waals surface area contributed by atoms with Crippen molar-refractivity contribution >= 4 is 5.91 Å². The molecule has 1 fully saturated rings. The second-order valence-electron chi connectivity index (χ2n) is 4.18. The first-order valence-corrected chi connectivity index (χ1v) is 5.75. The Kier molecular flexibility index (Phi) is 4.94. The molecule has 0 aromatic rings. The third-order valence-electron chi connectivity index (χ3n) is 2.97. The maximum absolute atomic E-state index is 11.8. The highest BCUT2D eigenvalue weighted by Gasteiger charge is 2.20. The van der Waals surface area contributed by atoms with Gasteiger partial charge in [0.05, 0.1) is 0 Å². The number of rotatable bonds is 3. The predicted octanol–water partition coefficient (Wildman–Crippen LogP) is 1.52. The monoisotopic (exact) mass is 198 g/mol. The fourth-order valence-corrected chi connectivity index (χ4v) is 2.04. The van der Waals surface area contributed by atoms with Crippen LogP contribution in [0.25, 0.3) is 0 Å². The Hall–Kier alpha value is -0.570. The van der Waals surface area contributed by atoms with E-state index in [4.69, 9.17) is 5.73 Å². The average molecular weight is 198 g/mol. The van der Waals surface area contributed by atoms with Crippen molar-refractivity contribution in [2.24, 2.45) is 5.73 Å². The Morgan fingerprint density at radius 3 is 2.93 bits per heavy atom. The summed E-state index contributed by atoms with van der Waals surface area (Å²) < 4.78 is 0.